The van der Waals surface area contributed by atoms with Gasteiger partial charge in [0.2, 0.25) is 0 Å². The standard InChI is InChI=1S/C19H22N4O2.ClH/c1-3-21-19(25)23-9-8-13-5-7-15(11-17(13)23)22-18(24)16-10-14(20)6-4-12(16)2;/h4-7,10-11H,3,8-9,20H2,1-2H3,(H,21,25)(H,22,24);1H. The Kier molecular flexibility index (Phi) is 6.10. The van der Waals surface area contributed by atoms with Crippen LogP contribution in [-0.4, -0.2) is 25.0 Å². The molecule has 138 valence electrons. The van der Waals surface area contributed by atoms with Gasteiger partial charge in [0.25, 0.3) is 5.91 Å². The zero-order valence-electron chi connectivity index (χ0n) is 14.8. The molecule has 3 rings (SSSR count). The van der Waals surface area contributed by atoms with Crippen LogP contribution >= 0.6 is 12.4 Å². The van der Waals surface area contributed by atoms with Crippen LogP contribution < -0.4 is 21.3 Å². The van der Waals surface area contributed by atoms with Crippen molar-refractivity contribution >= 4 is 41.4 Å². The number of halogens is 1. The fourth-order valence-corrected chi connectivity index (χ4v) is 3.00. The Bertz CT molecular complexity index is 838. The minimum atomic E-state index is -0.215. The highest BCUT2D eigenvalue weighted by atomic mass is 35.5. The number of nitrogen functional groups attached to an aromatic ring is 1. The van der Waals surface area contributed by atoms with Gasteiger partial charge in [-0.2, -0.15) is 0 Å². The maximum absolute atomic E-state index is 12.5. The molecule has 2 aromatic rings. The minimum absolute atomic E-state index is 0. The Balaban J connectivity index is 0.00000243. The first-order valence-corrected chi connectivity index (χ1v) is 8.35. The molecule has 0 aromatic heterocycles. The van der Waals surface area contributed by atoms with Crippen LogP contribution in [0.15, 0.2) is 36.4 Å². The summed E-state index contributed by atoms with van der Waals surface area (Å²) in [7, 11) is 0. The monoisotopic (exact) mass is 374 g/mol. The lowest BCUT2D eigenvalue weighted by Crippen LogP contribution is -2.38. The molecule has 3 amide bonds. The number of benzene rings is 2. The predicted octanol–water partition coefficient (Wildman–Crippen LogP) is 3.34. The Labute approximate surface area is 159 Å². The Morgan fingerprint density at radius 3 is 2.69 bits per heavy atom. The highest BCUT2D eigenvalue weighted by Gasteiger charge is 2.24. The third kappa shape index (κ3) is 3.91. The van der Waals surface area contributed by atoms with Crippen LogP contribution in [-0.2, 0) is 6.42 Å². The largest absolute Gasteiger partial charge is 0.399 e. The van der Waals surface area contributed by atoms with Gasteiger partial charge in [-0.3, -0.25) is 9.69 Å². The average molecular weight is 375 g/mol. The van der Waals surface area contributed by atoms with Crippen LogP contribution in [0, 0.1) is 6.92 Å². The van der Waals surface area contributed by atoms with Crippen molar-refractivity contribution in [1.82, 2.24) is 5.32 Å². The van der Waals surface area contributed by atoms with Crippen LogP contribution in [0.5, 0.6) is 0 Å². The number of amides is 3. The van der Waals surface area contributed by atoms with Crippen LogP contribution in [0.2, 0.25) is 0 Å². The second kappa shape index (κ2) is 8.10. The average Bonchev–Trinajstić information content (AvgIpc) is 3.00. The lowest BCUT2D eigenvalue weighted by Gasteiger charge is -2.18. The zero-order chi connectivity index (χ0) is 18.0. The summed E-state index contributed by atoms with van der Waals surface area (Å²) < 4.78 is 0. The number of anilines is 3. The Hall–Kier alpha value is -2.73. The molecule has 1 aliphatic heterocycles. The summed E-state index contributed by atoms with van der Waals surface area (Å²) >= 11 is 0. The number of carbonyl (C=O) groups excluding carboxylic acids is 2. The quantitative estimate of drug-likeness (QED) is 0.720. The maximum atomic E-state index is 12.5. The van der Waals surface area contributed by atoms with E-state index < -0.39 is 0 Å². The van der Waals surface area contributed by atoms with Gasteiger partial charge in [-0.05, 0) is 55.7 Å². The highest BCUT2D eigenvalue weighted by molar-refractivity contribution is 6.06. The number of carbonyl (C=O) groups is 2. The Morgan fingerprint density at radius 2 is 1.96 bits per heavy atom. The van der Waals surface area contributed by atoms with Crippen LogP contribution in [0.1, 0.15) is 28.4 Å². The van der Waals surface area contributed by atoms with Crippen molar-refractivity contribution < 1.29 is 9.59 Å². The summed E-state index contributed by atoms with van der Waals surface area (Å²) in [5.41, 5.74) is 10.3. The number of hydrogen-bond acceptors (Lipinski definition) is 3. The fourth-order valence-electron chi connectivity index (χ4n) is 3.00. The van der Waals surface area contributed by atoms with Gasteiger partial charge >= 0.3 is 6.03 Å². The normalized spacial score (nSPS) is 12.2. The van der Waals surface area contributed by atoms with Gasteiger partial charge < -0.3 is 16.4 Å². The minimum Gasteiger partial charge on any atom is -0.399 e. The second-order valence-corrected chi connectivity index (χ2v) is 6.11. The van der Waals surface area contributed by atoms with E-state index in [0.717, 1.165) is 23.2 Å². The van der Waals surface area contributed by atoms with Gasteiger partial charge in [-0.1, -0.05) is 12.1 Å². The maximum Gasteiger partial charge on any atom is 0.321 e. The first kappa shape index (κ1) is 19.6. The van der Waals surface area contributed by atoms with E-state index in [4.69, 9.17) is 5.73 Å². The van der Waals surface area contributed by atoms with E-state index in [1.807, 2.05) is 38.1 Å². The van der Waals surface area contributed by atoms with Gasteiger partial charge in [0, 0.05) is 30.0 Å². The molecule has 1 aliphatic rings. The van der Waals surface area contributed by atoms with Crippen molar-refractivity contribution in [3.63, 3.8) is 0 Å². The number of nitrogens with two attached hydrogens (primary N) is 1. The molecular weight excluding hydrogens is 352 g/mol. The van der Waals surface area contributed by atoms with E-state index in [1.54, 1.807) is 17.0 Å². The summed E-state index contributed by atoms with van der Waals surface area (Å²) in [6.45, 7) is 4.98. The van der Waals surface area contributed by atoms with E-state index in [-0.39, 0.29) is 24.3 Å². The lowest BCUT2D eigenvalue weighted by atomic mass is 10.1. The van der Waals surface area contributed by atoms with Gasteiger partial charge in [0.05, 0.1) is 5.69 Å². The molecule has 4 N–H and O–H groups in total. The highest BCUT2D eigenvalue weighted by Crippen LogP contribution is 2.31. The summed E-state index contributed by atoms with van der Waals surface area (Å²) in [5, 5.41) is 5.71. The van der Waals surface area contributed by atoms with E-state index in [1.165, 1.54) is 0 Å². The summed E-state index contributed by atoms with van der Waals surface area (Å²) in [5.74, 6) is -0.215. The number of fused-ring (bicyclic) bond motifs is 1. The topological polar surface area (TPSA) is 87.5 Å². The molecule has 2 aromatic carbocycles. The molecule has 0 bridgehead atoms. The van der Waals surface area contributed by atoms with Gasteiger partial charge in [0.1, 0.15) is 0 Å². The molecule has 0 unspecified atom stereocenters. The first-order valence-electron chi connectivity index (χ1n) is 8.35. The van der Waals surface area contributed by atoms with E-state index >= 15 is 0 Å². The van der Waals surface area contributed by atoms with Gasteiger partial charge in [-0.15, -0.1) is 12.4 Å². The van der Waals surface area contributed by atoms with E-state index in [9.17, 15) is 9.59 Å². The summed E-state index contributed by atoms with van der Waals surface area (Å²) in [4.78, 5) is 26.4. The molecule has 7 heteroatoms. The van der Waals surface area contributed by atoms with Crippen molar-refractivity contribution in [1.29, 1.82) is 0 Å². The number of nitrogens with zero attached hydrogens (tertiary/aromatic N) is 1. The van der Waals surface area contributed by atoms with E-state index in [0.29, 0.717) is 30.0 Å². The molecule has 0 saturated carbocycles. The summed E-state index contributed by atoms with van der Waals surface area (Å²) in [6.07, 6.45) is 0.815. The van der Waals surface area contributed by atoms with Crippen molar-refractivity contribution in [3.05, 3.63) is 53.1 Å². The SMILES string of the molecule is CCNC(=O)N1CCc2ccc(NC(=O)c3cc(N)ccc3C)cc21.Cl. The molecule has 0 atom stereocenters. The molecule has 0 radical (unpaired) electrons. The third-order valence-electron chi connectivity index (χ3n) is 4.32. The van der Waals surface area contributed by atoms with Crippen LogP contribution in [0.25, 0.3) is 0 Å². The smallest absolute Gasteiger partial charge is 0.321 e. The molecule has 0 aliphatic carbocycles. The lowest BCUT2D eigenvalue weighted by molar-refractivity contribution is 0.102. The number of hydrogen-bond donors (Lipinski definition) is 3. The fraction of sp³-hybridized carbons (Fsp3) is 0.263. The molecule has 1 heterocycles. The number of urea groups is 1. The van der Waals surface area contributed by atoms with Gasteiger partial charge in [-0.25, -0.2) is 4.79 Å². The number of aryl methyl sites for hydroxylation is 1. The van der Waals surface area contributed by atoms with Crippen molar-refractivity contribution in [2.45, 2.75) is 20.3 Å². The number of nitrogens with one attached hydrogen (secondary N) is 2. The molecule has 0 saturated heterocycles. The van der Waals surface area contributed by atoms with Crippen molar-refractivity contribution in [2.24, 2.45) is 0 Å². The third-order valence-corrected chi connectivity index (χ3v) is 4.32. The molecule has 0 fully saturated rings. The van der Waals surface area contributed by atoms with Gasteiger partial charge in [0.15, 0.2) is 0 Å². The van der Waals surface area contributed by atoms with E-state index in [2.05, 4.69) is 10.6 Å². The Morgan fingerprint density at radius 1 is 1.19 bits per heavy atom. The molecular formula is C19H23ClN4O2. The van der Waals surface area contributed by atoms with Crippen LogP contribution in [0.3, 0.4) is 0 Å². The molecule has 0 spiro atoms. The zero-order valence-corrected chi connectivity index (χ0v) is 15.7. The summed E-state index contributed by atoms with van der Waals surface area (Å²) in [6, 6.07) is 10.8. The van der Waals surface area contributed by atoms with Crippen LogP contribution in [0.4, 0.5) is 21.9 Å². The molecule has 26 heavy (non-hydrogen) atoms. The van der Waals surface area contributed by atoms with Crippen molar-refractivity contribution in [2.75, 3.05) is 29.0 Å². The first-order chi connectivity index (χ1) is 12.0. The predicted molar refractivity (Wildman–Crippen MR) is 107 cm³/mol. The second-order valence-electron chi connectivity index (χ2n) is 6.11. The molecule has 6 nitrogen and oxygen atoms in total. The van der Waals surface area contributed by atoms with Crippen molar-refractivity contribution in [3.8, 4) is 0 Å². The number of rotatable bonds is 3.